The van der Waals surface area contributed by atoms with Gasteiger partial charge in [0.05, 0.1) is 0 Å². The molecule has 1 saturated carbocycles. The van der Waals surface area contributed by atoms with Crippen molar-refractivity contribution in [1.82, 2.24) is 0 Å². The number of nitrogens with zero attached hydrogens (tertiary/aromatic N) is 1. The summed E-state index contributed by atoms with van der Waals surface area (Å²) in [5, 5.41) is 8.75. The van der Waals surface area contributed by atoms with E-state index in [9.17, 15) is 4.79 Å². The molecule has 1 heterocycles. The highest BCUT2D eigenvalue weighted by Gasteiger charge is 2.33. The van der Waals surface area contributed by atoms with Crippen LogP contribution in [0.4, 0.5) is 0 Å². The summed E-state index contributed by atoms with van der Waals surface area (Å²) in [4.78, 5) is 14.9. The summed E-state index contributed by atoms with van der Waals surface area (Å²) in [6.07, 6.45) is 5.39. The van der Waals surface area contributed by atoms with Gasteiger partial charge in [0.2, 0.25) is 0 Å². The average molecular weight is 204 g/mol. The highest BCUT2D eigenvalue weighted by molar-refractivity contribution is 5.93. The third-order valence-corrected chi connectivity index (χ3v) is 2.82. The molecule has 2 aliphatic rings. The number of rotatable bonds is 1. The predicted molar refractivity (Wildman–Crippen MR) is 52.7 cm³/mol. The Bertz CT molecular complexity index is 240. The lowest BCUT2D eigenvalue weighted by Crippen LogP contribution is -2.17. The van der Waals surface area contributed by atoms with Gasteiger partial charge in [-0.1, -0.05) is 6.42 Å². The molecule has 1 aliphatic heterocycles. The predicted octanol–water partition coefficient (Wildman–Crippen LogP) is 1.90. The fourth-order valence-corrected chi connectivity index (χ4v) is 2.17. The van der Waals surface area contributed by atoms with Gasteiger partial charge in [-0.3, -0.25) is 4.99 Å². The van der Waals surface area contributed by atoms with Crippen LogP contribution in [0.3, 0.4) is 0 Å². The highest BCUT2D eigenvalue weighted by atomic mass is 35.5. The number of carboxylic acids is 1. The van der Waals surface area contributed by atoms with Crippen molar-refractivity contribution >= 4 is 24.1 Å². The molecule has 2 unspecified atom stereocenters. The largest absolute Gasteiger partial charge is 0.480 e. The molecule has 0 aromatic carbocycles. The van der Waals surface area contributed by atoms with E-state index in [0.29, 0.717) is 5.92 Å². The molecule has 1 aliphatic carbocycles. The number of hydrogen-bond acceptors (Lipinski definition) is 2. The first-order chi connectivity index (χ1) is 5.77. The molecule has 3 nitrogen and oxygen atoms in total. The van der Waals surface area contributed by atoms with Crippen molar-refractivity contribution in [1.29, 1.82) is 0 Å². The number of aliphatic carboxylic acids is 1. The lowest BCUT2D eigenvalue weighted by Gasteiger charge is -2.17. The van der Waals surface area contributed by atoms with E-state index in [1.54, 1.807) is 0 Å². The van der Waals surface area contributed by atoms with Crippen LogP contribution in [0.5, 0.6) is 0 Å². The van der Waals surface area contributed by atoms with Crippen molar-refractivity contribution in [3.8, 4) is 0 Å². The molecule has 13 heavy (non-hydrogen) atoms. The summed E-state index contributed by atoms with van der Waals surface area (Å²) in [5.41, 5.74) is 1.17. The fourth-order valence-electron chi connectivity index (χ4n) is 2.17. The molecule has 1 N–H and O–H groups in total. The van der Waals surface area contributed by atoms with E-state index in [2.05, 4.69) is 4.99 Å². The van der Waals surface area contributed by atoms with Crippen LogP contribution < -0.4 is 0 Å². The van der Waals surface area contributed by atoms with E-state index in [0.717, 1.165) is 19.3 Å². The van der Waals surface area contributed by atoms with Crippen molar-refractivity contribution in [2.45, 2.75) is 38.1 Å². The van der Waals surface area contributed by atoms with Gasteiger partial charge in [0.1, 0.15) is 6.04 Å². The minimum absolute atomic E-state index is 0. The minimum Gasteiger partial charge on any atom is -0.480 e. The maximum absolute atomic E-state index is 10.6. The lowest BCUT2D eigenvalue weighted by atomic mass is 9.86. The Labute approximate surface area is 83.7 Å². The van der Waals surface area contributed by atoms with E-state index in [1.807, 2.05) is 0 Å². The molecule has 4 heteroatoms. The zero-order chi connectivity index (χ0) is 8.55. The Morgan fingerprint density at radius 2 is 2.23 bits per heavy atom. The minimum atomic E-state index is -0.753. The second-order valence-corrected chi connectivity index (χ2v) is 3.65. The molecule has 2 atom stereocenters. The molecule has 0 aromatic heterocycles. The van der Waals surface area contributed by atoms with Gasteiger partial charge in [0.15, 0.2) is 0 Å². The van der Waals surface area contributed by atoms with Crippen molar-refractivity contribution in [2.24, 2.45) is 10.9 Å². The second kappa shape index (κ2) is 4.09. The number of aliphatic imine (C=N–C) groups is 1. The molecular formula is C9H14ClNO2. The van der Waals surface area contributed by atoms with Gasteiger partial charge >= 0.3 is 5.97 Å². The smallest absolute Gasteiger partial charge is 0.328 e. The average Bonchev–Trinajstić information content (AvgIpc) is 2.46. The number of carboxylic acid groups (broad SMARTS) is 1. The molecule has 0 spiro atoms. The van der Waals surface area contributed by atoms with E-state index in [-0.39, 0.29) is 12.4 Å². The van der Waals surface area contributed by atoms with Crippen LogP contribution in [0.2, 0.25) is 0 Å². The van der Waals surface area contributed by atoms with Crippen LogP contribution >= 0.6 is 12.4 Å². The van der Waals surface area contributed by atoms with Gasteiger partial charge in [0.25, 0.3) is 0 Å². The standard InChI is InChI=1S/C9H13NO2.ClH/c11-9(12)8-5-6-3-1-2-4-7(6)10-8;/h6,8H,1-5H2,(H,11,12);1H. The van der Waals surface area contributed by atoms with Crippen molar-refractivity contribution in [2.75, 3.05) is 0 Å². The van der Waals surface area contributed by atoms with Gasteiger partial charge in [-0.15, -0.1) is 12.4 Å². The SMILES string of the molecule is Cl.O=C(O)C1CC2CCCCC2=N1. The van der Waals surface area contributed by atoms with Crippen LogP contribution in [0, 0.1) is 5.92 Å². The van der Waals surface area contributed by atoms with Crippen molar-refractivity contribution in [3.05, 3.63) is 0 Å². The number of fused-ring (bicyclic) bond motifs is 1. The Morgan fingerprint density at radius 3 is 2.85 bits per heavy atom. The highest BCUT2D eigenvalue weighted by Crippen LogP contribution is 2.31. The fraction of sp³-hybridized carbons (Fsp3) is 0.778. The molecule has 0 bridgehead atoms. The first kappa shape index (κ1) is 10.5. The molecule has 0 aromatic rings. The van der Waals surface area contributed by atoms with Gasteiger partial charge < -0.3 is 5.11 Å². The zero-order valence-electron chi connectivity index (χ0n) is 7.40. The summed E-state index contributed by atoms with van der Waals surface area (Å²) in [6.45, 7) is 0. The second-order valence-electron chi connectivity index (χ2n) is 3.65. The third-order valence-electron chi connectivity index (χ3n) is 2.82. The Morgan fingerprint density at radius 1 is 1.46 bits per heavy atom. The van der Waals surface area contributed by atoms with Crippen LogP contribution in [-0.4, -0.2) is 22.8 Å². The Kier molecular flexibility index (Phi) is 3.31. The molecule has 0 radical (unpaired) electrons. The summed E-state index contributed by atoms with van der Waals surface area (Å²) in [5.74, 6) is -0.253. The molecular weight excluding hydrogens is 190 g/mol. The van der Waals surface area contributed by atoms with E-state index in [1.165, 1.54) is 18.6 Å². The van der Waals surface area contributed by atoms with Crippen LogP contribution in [0.1, 0.15) is 32.1 Å². The van der Waals surface area contributed by atoms with E-state index >= 15 is 0 Å². The summed E-state index contributed by atoms with van der Waals surface area (Å²) in [7, 11) is 0. The van der Waals surface area contributed by atoms with E-state index in [4.69, 9.17) is 5.11 Å². The first-order valence-electron chi connectivity index (χ1n) is 4.57. The van der Waals surface area contributed by atoms with Gasteiger partial charge in [0, 0.05) is 5.71 Å². The monoisotopic (exact) mass is 203 g/mol. The molecule has 1 fully saturated rings. The van der Waals surface area contributed by atoms with Crippen LogP contribution in [0.15, 0.2) is 4.99 Å². The quantitative estimate of drug-likeness (QED) is 0.708. The number of hydrogen-bond donors (Lipinski definition) is 1. The molecule has 74 valence electrons. The zero-order valence-corrected chi connectivity index (χ0v) is 8.22. The van der Waals surface area contributed by atoms with Gasteiger partial charge in [-0.2, -0.15) is 0 Å². The van der Waals surface area contributed by atoms with E-state index < -0.39 is 12.0 Å². The Balaban J connectivity index is 0.000000845. The third kappa shape index (κ3) is 2.02. The maximum atomic E-state index is 10.6. The summed E-state index contributed by atoms with van der Waals surface area (Å²) >= 11 is 0. The lowest BCUT2D eigenvalue weighted by molar-refractivity contribution is -0.138. The summed E-state index contributed by atoms with van der Waals surface area (Å²) in [6, 6.07) is -0.428. The van der Waals surface area contributed by atoms with Crippen LogP contribution in [-0.2, 0) is 4.79 Å². The first-order valence-corrected chi connectivity index (χ1v) is 4.57. The Hall–Kier alpha value is -0.570. The molecule has 2 rings (SSSR count). The van der Waals surface area contributed by atoms with Gasteiger partial charge in [-0.25, -0.2) is 4.79 Å². The number of halogens is 1. The van der Waals surface area contributed by atoms with Crippen LogP contribution in [0.25, 0.3) is 0 Å². The summed E-state index contributed by atoms with van der Waals surface area (Å²) < 4.78 is 0. The van der Waals surface area contributed by atoms with Gasteiger partial charge in [-0.05, 0) is 31.6 Å². The maximum Gasteiger partial charge on any atom is 0.328 e. The van der Waals surface area contributed by atoms with Crippen molar-refractivity contribution in [3.63, 3.8) is 0 Å². The normalized spacial score (nSPS) is 31.5. The molecule has 0 saturated heterocycles. The molecule has 0 amide bonds. The van der Waals surface area contributed by atoms with Crippen molar-refractivity contribution < 1.29 is 9.90 Å². The topological polar surface area (TPSA) is 49.7 Å². The number of carbonyl (C=O) groups is 1.